The number of carbonyl (C=O) groups is 1. The van der Waals surface area contributed by atoms with Crippen LogP contribution in [0.4, 0.5) is 5.82 Å². The number of carbonyl (C=O) groups excluding carboxylic acids is 1. The Bertz CT molecular complexity index is 1210. The molecular formula is C26H26N4O2. The molecule has 1 fully saturated rings. The quantitative estimate of drug-likeness (QED) is 0.459. The highest BCUT2D eigenvalue weighted by Gasteiger charge is 2.18. The number of nitrogens with zero attached hydrogens (tertiary/aromatic N) is 3. The van der Waals surface area contributed by atoms with E-state index in [1.165, 1.54) is 0 Å². The number of benzene rings is 1. The first-order valence-corrected chi connectivity index (χ1v) is 11.0. The summed E-state index contributed by atoms with van der Waals surface area (Å²) in [6, 6.07) is 14.0. The molecule has 1 aliphatic heterocycles. The molecule has 1 aliphatic rings. The molecule has 0 amide bonds. The third kappa shape index (κ3) is 4.14. The van der Waals surface area contributed by atoms with Crippen LogP contribution in [0.15, 0.2) is 67.3 Å². The molecule has 1 aromatic carbocycles. The third-order valence-electron chi connectivity index (χ3n) is 6.07. The van der Waals surface area contributed by atoms with Crippen LogP contribution in [-0.2, 0) is 11.2 Å². The Labute approximate surface area is 187 Å². The van der Waals surface area contributed by atoms with E-state index in [-0.39, 0.29) is 11.7 Å². The molecular weight excluding hydrogens is 400 g/mol. The maximum atomic E-state index is 13.0. The fourth-order valence-corrected chi connectivity index (χ4v) is 4.29. The zero-order chi connectivity index (χ0) is 21.9. The number of hydrogen-bond donors (Lipinski definition) is 1. The van der Waals surface area contributed by atoms with Crippen LogP contribution >= 0.6 is 0 Å². The third-order valence-corrected chi connectivity index (χ3v) is 6.07. The summed E-state index contributed by atoms with van der Waals surface area (Å²) < 4.78 is 5.42. The average Bonchev–Trinajstić information content (AvgIpc) is 3.28. The average molecular weight is 427 g/mol. The number of rotatable bonds is 6. The van der Waals surface area contributed by atoms with Crippen molar-refractivity contribution in [3.8, 4) is 11.1 Å². The molecule has 5 rings (SSSR count). The van der Waals surface area contributed by atoms with E-state index in [1.54, 1.807) is 6.20 Å². The van der Waals surface area contributed by atoms with Crippen LogP contribution in [0, 0.1) is 5.92 Å². The standard InChI is InChI=1S/C26H26N4O2/c1-18(13-19-3-2-8-27-15-19)26(31)20-4-6-22-23(17-28-24(22)14-20)21-5-7-25(29-16-21)30-9-11-32-12-10-30/h2-8,14-18,28H,9-13H2,1H3/t18-/m0/s1. The van der Waals surface area contributed by atoms with Crippen LogP contribution in [-0.4, -0.2) is 47.0 Å². The number of fused-ring (bicyclic) bond motifs is 1. The summed E-state index contributed by atoms with van der Waals surface area (Å²) in [5.41, 5.74) is 4.89. The van der Waals surface area contributed by atoms with Gasteiger partial charge in [0.05, 0.1) is 13.2 Å². The number of aromatic amines is 1. The Morgan fingerprint density at radius 2 is 2.03 bits per heavy atom. The Hall–Kier alpha value is -3.51. The van der Waals surface area contributed by atoms with Gasteiger partial charge in [-0.2, -0.15) is 0 Å². The van der Waals surface area contributed by atoms with Crippen molar-refractivity contribution in [3.05, 3.63) is 78.4 Å². The predicted molar refractivity (Wildman–Crippen MR) is 126 cm³/mol. The van der Waals surface area contributed by atoms with E-state index in [4.69, 9.17) is 4.74 Å². The van der Waals surface area contributed by atoms with E-state index in [0.29, 0.717) is 6.42 Å². The van der Waals surface area contributed by atoms with Crippen molar-refractivity contribution in [2.45, 2.75) is 13.3 Å². The van der Waals surface area contributed by atoms with Gasteiger partial charge in [-0.1, -0.05) is 25.1 Å². The SMILES string of the molecule is C[C@@H](Cc1cccnc1)C(=O)c1ccc2c(-c3ccc(N4CCOCC4)nc3)c[nH]c2c1. The van der Waals surface area contributed by atoms with Crippen molar-refractivity contribution in [1.82, 2.24) is 15.0 Å². The van der Waals surface area contributed by atoms with Gasteiger partial charge < -0.3 is 14.6 Å². The second kappa shape index (κ2) is 8.93. The number of ether oxygens (including phenoxy) is 1. The van der Waals surface area contributed by atoms with Crippen molar-refractivity contribution in [1.29, 1.82) is 0 Å². The van der Waals surface area contributed by atoms with Crippen molar-refractivity contribution >= 4 is 22.5 Å². The van der Waals surface area contributed by atoms with Gasteiger partial charge in [-0.25, -0.2) is 4.98 Å². The molecule has 1 saturated heterocycles. The van der Waals surface area contributed by atoms with Crippen molar-refractivity contribution in [3.63, 3.8) is 0 Å². The van der Waals surface area contributed by atoms with Crippen molar-refractivity contribution < 1.29 is 9.53 Å². The van der Waals surface area contributed by atoms with Gasteiger partial charge in [0.25, 0.3) is 0 Å². The lowest BCUT2D eigenvalue weighted by Gasteiger charge is -2.27. The first-order valence-electron chi connectivity index (χ1n) is 11.0. The number of nitrogens with one attached hydrogen (secondary N) is 1. The Morgan fingerprint density at radius 3 is 2.78 bits per heavy atom. The lowest BCUT2D eigenvalue weighted by atomic mass is 9.93. The molecule has 6 heteroatoms. The molecule has 6 nitrogen and oxygen atoms in total. The van der Waals surface area contributed by atoms with Crippen molar-refractivity contribution in [2.24, 2.45) is 5.92 Å². The number of H-pyrrole nitrogens is 1. The highest BCUT2D eigenvalue weighted by molar-refractivity contribution is 6.03. The molecule has 0 saturated carbocycles. The predicted octanol–water partition coefficient (Wildman–Crippen LogP) is 4.52. The van der Waals surface area contributed by atoms with Gasteiger partial charge in [0.2, 0.25) is 0 Å². The molecule has 32 heavy (non-hydrogen) atoms. The first kappa shape index (κ1) is 20.4. The summed E-state index contributed by atoms with van der Waals surface area (Å²) in [5, 5.41) is 1.09. The number of aromatic nitrogens is 3. The second-order valence-corrected chi connectivity index (χ2v) is 8.30. The molecule has 0 aliphatic carbocycles. The van der Waals surface area contributed by atoms with E-state index < -0.39 is 0 Å². The lowest BCUT2D eigenvalue weighted by Crippen LogP contribution is -2.36. The monoisotopic (exact) mass is 426 g/mol. The minimum absolute atomic E-state index is 0.108. The van der Waals surface area contributed by atoms with Gasteiger partial charge >= 0.3 is 0 Å². The number of anilines is 1. The van der Waals surface area contributed by atoms with Crippen LogP contribution in [0.3, 0.4) is 0 Å². The van der Waals surface area contributed by atoms with Crippen LogP contribution < -0.4 is 4.90 Å². The molecule has 0 spiro atoms. The maximum Gasteiger partial charge on any atom is 0.166 e. The van der Waals surface area contributed by atoms with E-state index >= 15 is 0 Å². The Kier molecular flexibility index (Phi) is 5.69. The van der Waals surface area contributed by atoms with E-state index in [1.807, 2.05) is 55.8 Å². The fraction of sp³-hybridized carbons (Fsp3) is 0.269. The van der Waals surface area contributed by atoms with E-state index in [9.17, 15) is 4.79 Å². The van der Waals surface area contributed by atoms with Gasteiger partial charge in [-0.3, -0.25) is 9.78 Å². The molecule has 0 radical (unpaired) electrons. The highest BCUT2D eigenvalue weighted by Crippen LogP contribution is 2.30. The zero-order valence-electron chi connectivity index (χ0n) is 18.1. The number of hydrogen-bond acceptors (Lipinski definition) is 5. The topological polar surface area (TPSA) is 71.1 Å². The maximum absolute atomic E-state index is 13.0. The van der Waals surface area contributed by atoms with Crippen LogP contribution in [0.2, 0.25) is 0 Å². The Balaban J connectivity index is 1.35. The minimum Gasteiger partial charge on any atom is -0.378 e. The summed E-state index contributed by atoms with van der Waals surface area (Å²) in [4.78, 5) is 27.4. The van der Waals surface area contributed by atoms with Gasteiger partial charge in [0.15, 0.2) is 5.78 Å². The largest absolute Gasteiger partial charge is 0.378 e. The zero-order valence-corrected chi connectivity index (χ0v) is 18.1. The number of Topliss-reactive ketones (excluding diaryl/α,β-unsaturated/α-hetero) is 1. The van der Waals surface area contributed by atoms with Crippen LogP contribution in [0.25, 0.3) is 22.0 Å². The molecule has 1 N–H and O–H groups in total. The molecule has 1 atom stereocenters. The first-order chi connectivity index (χ1) is 15.7. The van der Waals surface area contributed by atoms with Crippen LogP contribution in [0.5, 0.6) is 0 Å². The normalized spacial score (nSPS) is 15.1. The molecule has 0 bridgehead atoms. The Morgan fingerprint density at radius 1 is 1.16 bits per heavy atom. The van der Waals surface area contributed by atoms with Gasteiger partial charge in [-0.05, 0) is 36.2 Å². The summed E-state index contributed by atoms with van der Waals surface area (Å²) in [5.74, 6) is 1.01. The van der Waals surface area contributed by atoms with Gasteiger partial charge in [-0.15, -0.1) is 0 Å². The summed E-state index contributed by atoms with van der Waals surface area (Å²) in [6.07, 6.45) is 8.16. The van der Waals surface area contributed by atoms with Crippen molar-refractivity contribution in [2.75, 3.05) is 31.2 Å². The summed E-state index contributed by atoms with van der Waals surface area (Å²) >= 11 is 0. The minimum atomic E-state index is -0.108. The molecule has 0 unspecified atom stereocenters. The van der Waals surface area contributed by atoms with E-state index in [0.717, 1.165) is 65.3 Å². The molecule has 4 aromatic rings. The van der Waals surface area contributed by atoms with Gasteiger partial charge in [0, 0.05) is 71.4 Å². The van der Waals surface area contributed by atoms with Gasteiger partial charge in [0.1, 0.15) is 5.82 Å². The lowest BCUT2D eigenvalue weighted by molar-refractivity contribution is 0.0929. The fourth-order valence-electron chi connectivity index (χ4n) is 4.29. The number of pyridine rings is 2. The molecule has 4 heterocycles. The number of morpholine rings is 1. The second-order valence-electron chi connectivity index (χ2n) is 8.30. The number of ketones is 1. The molecule has 162 valence electrons. The molecule has 3 aromatic heterocycles. The highest BCUT2D eigenvalue weighted by atomic mass is 16.5. The van der Waals surface area contributed by atoms with E-state index in [2.05, 4.69) is 32.0 Å². The smallest absolute Gasteiger partial charge is 0.166 e. The summed E-state index contributed by atoms with van der Waals surface area (Å²) in [7, 11) is 0. The van der Waals surface area contributed by atoms with Crippen LogP contribution in [0.1, 0.15) is 22.8 Å². The summed E-state index contributed by atoms with van der Waals surface area (Å²) in [6.45, 7) is 5.20.